The molecule has 0 bridgehead atoms. The standard InChI is InChI=1S/C17H12ClN9O3/c1-24-16-11(7-20-24)17-21-15(23-26(17)8-19-16)13-4-5-25(22-13)9-30-14-3-2-10(27(28)29)6-12(14)18/h2-8H,9H2,1H3. The molecule has 0 N–H and O–H groups in total. The molecule has 5 rings (SSSR count). The van der Waals surface area contributed by atoms with Crippen molar-refractivity contribution in [2.24, 2.45) is 7.05 Å². The molecule has 0 aliphatic carbocycles. The molecule has 1 aromatic carbocycles. The molecule has 0 saturated carbocycles. The lowest BCUT2D eigenvalue weighted by molar-refractivity contribution is -0.384. The molecule has 0 saturated heterocycles. The van der Waals surface area contributed by atoms with Gasteiger partial charge in [0.05, 0.1) is 21.5 Å². The van der Waals surface area contributed by atoms with Crippen LogP contribution in [0.4, 0.5) is 5.69 Å². The lowest BCUT2D eigenvalue weighted by Gasteiger charge is -2.07. The van der Waals surface area contributed by atoms with Crippen molar-refractivity contribution in [1.29, 1.82) is 0 Å². The highest BCUT2D eigenvalue weighted by Crippen LogP contribution is 2.29. The van der Waals surface area contributed by atoms with Crippen LogP contribution in [0.15, 0.2) is 43.0 Å². The lowest BCUT2D eigenvalue weighted by Crippen LogP contribution is -2.06. The van der Waals surface area contributed by atoms with Crippen molar-refractivity contribution < 1.29 is 9.66 Å². The largest absolute Gasteiger partial charge is 0.470 e. The predicted molar refractivity (Wildman–Crippen MR) is 105 cm³/mol. The Morgan fingerprint density at radius 3 is 2.90 bits per heavy atom. The van der Waals surface area contributed by atoms with Gasteiger partial charge in [0.15, 0.2) is 18.0 Å². The van der Waals surface area contributed by atoms with Gasteiger partial charge in [0, 0.05) is 25.4 Å². The van der Waals surface area contributed by atoms with E-state index in [2.05, 4.69) is 25.3 Å². The van der Waals surface area contributed by atoms with E-state index < -0.39 is 4.92 Å². The molecule has 0 amide bonds. The summed E-state index contributed by atoms with van der Waals surface area (Å²) in [5, 5.41) is 24.7. The topological polar surface area (TPSA) is 131 Å². The zero-order valence-electron chi connectivity index (χ0n) is 15.4. The number of nitrogens with zero attached hydrogens (tertiary/aromatic N) is 9. The van der Waals surface area contributed by atoms with Crippen LogP contribution < -0.4 is 4.74 Å². The maximum atomic E-state index is 10.8. The van der Waals surface area contributed by atoms with Gasteiger partial charge in [-0.2, -0.15) is 10.2 Å². The maximum absolute atomic E-state index is 10.8. The molecule has 30 heavy (non-hydrogen) atoms. The molecule has 12 nitrogen and oxygen atoms in total. The van der Waals surface area contributed by atoms with E-state index >= 15 is 0 Å². The minimum Gasteiger partial charge on any atom is -0.470 e. The zero-order chi connectivity index (χ0) is 20.8. The Balaban J connectivity index is 1.38. The van der Waals surface area contributed by atoms with Crippen LogP contribution in [0.5, 0.6) is 5.75 Å². The van der Waals surface area contributed by atoms with Crippen LogP contribution in [0.1, 0.15) is 0 Å². The number of benzene rings is 1. The number of hydrogen-bond donors (Lipinski definition) is 0. The summed E-state index contributed by atoms with van der Waals surface area (Å²) in [6.45, 7) is 0.0549. The van der Waals surface area contributed by atoms with Crippen LogP contribution in [0.25, 0.3) is 28.2 Å². The lowest BCUT2D eigenvalue weighted by atomic mass is 10.3. The summed E-state index contributed by atoms with van der Waals surface area (Å²) in [7, 11) is 1.81. The molecule has 0 atom stereocenters. The van der Waals surface area contributed by atoms with Gasteiger partial charge in [-0.05, 0) is 12.1 Å². The van der Waals surface area contributed by atoms with E-state index in [1.807, 2.05) is 7.05 Å². The van der Waals surface area contributed by atoms with Gasteiger partial charge in [0.1, 0.15) is 17.8 Å². The Bertz CT molecular complexity index is 1420. The van der Waals surface area contributed by atoms with Crippen LogP contribution in [-0.2, 0) is 13.8 Å². The third-order valence-corrected chi connectivity index (χ3v) is 4.71. The Morgan fingerprint density at radius 2 is 2.10 bits per heavy atom. The van der Waals surface area contributed by atoms with Crippen molar-refractivity contribution in [2.45, 2.75) is 6.73 Å². The number of fused-ring (bicyclic) bond motifs is 3. The van der Waals surface area contributed by atoms with Crippen molar-refractivity contribution in [3.63, 3.8) is 0 Å². The summed E-state index contributed by atoms with van der Waals surface area (Å²) in [6.07, 6.45) is 4.97. The monoisotopic (exact) mass is 425 g/mol. The minimum atomic E-state index is -0.522. The van der Waals surface area contributed by atoms with Gasteiger partial charge in [0.2, 0.25) is 5.82 Å². The average molecular weight is 426 g/mol. The second-order valence-corrected chi connectivity index (χ2v) is 6.75. The van der Waals surface area contributed by atoms with Gasteiger partial charge < -0.3 is 4.74 Å². The maximum Gasteiger partial charge on any atom is 0.271 e. The van der Waals surface area contributed by atoms with Gasteiger partial charge in [0.25, 0.3) is 5.69 Å². The number of ether oxygens (including phenoxy) is 1. The Kier molecular flexibility index (Phi) is 4.06. The number of nitro benzene ring substituents is 1. The van der Waals surface area contributed by atoms with E-state index in [1.165, 1.54) is 22.9 Å². The van der Waals surface area contributed by atoms with Gasteiger partial charge in [-0.15, -0.1) is 5.10 Å². The summed E-state index contributed by atoms with van der Waals surface area (Å²) >= 11 is 6.04. The van der Waals surface area contributed by atoms with Gasteiger partial charge in [-0.1, -0.05) is 11.6 Å². The van der Waals surface area contributed by atoms with E-state index in [0.717, 1.165) is 5.39 Å². The van der Waals surface area contributed by atoms with E-state index in [0.29, 0.717) is 28.6 Å². The summed E-state index contributed by atoms with van der Waals surface area (Å²) in [5.41, 5.74) is 1.78. The molecule has 5 aromatic rings. The molecule has 0 aliphatic heterocycles. The summed E-state index contributed by atoms with van der Waals surface area (Å²) in [4.78, 5) is 19.2. The zero-order valence-corrected chi connectivity index (χ0v) is 16.1. The highest BCUT2D eigenvalue weighted by molar-refractivity contribution is 6.32. The Hall–Kier alpha value is -4.06. The first-order chi connectivity index (χ1) is 14.5. The average Bonchev–Trinajstić information content (AvgIpc) is 3.44. The number of non-ortho nitro benzene ring substituents is 1. The fourth-order valence-electron chi connectivity index (χ4n) is 2.96. The fourth-order valence-corrected chi connectivity index (χ4v) is 3.19. The molecule has 0 spiro atoms. The van der Waals surface area contributed by atoms with Gasteiger partial charge in [-0.25, -0.2) is 19.2 Å². The quantitative estimate of drug-likeness (QED) is 0.310. The number of aryl methyl sites for hydroxylation is 1. The first-order valence-electron chi connectivity index (χ1n) is 8.63. The third kappa shape index (κ3) is 2.99. The van der Waals surface area contributed by atoms with Crippen LogP contribution >= 0.6 is 11.6 Å². The number of nitro groups is 1. The minimum absolute atomic E-state index is 0.0549. The molecule has 0 aliphatic rings. The molecule has 4 heterocycles. The molecular formula is C17H12ClN9O3. The van der Waals surface area contributed by atoms with Crippen LogP contribution in [0.2, 0.25) is 5.02 Å². The van der Waals surface area contributed by atoms with E-state index in [-0.39, 0.29) is 17.4 Å². The Labute approximate surface area is 172 Å². The normalized spacial score (nSPS) is 11.4. The van der Waals surface area contributed by atoms with Crippen molar-refractivity contribution in [3.8, 4) is 17.3 Å². The van der Waals surface area contributed by atoms with Crippen LogP contribution in [0.3, 0.4) is 0 Å². The van der Waals surface area contributed by atoms with Crippen molar-refractivity contribution in [1.82, 2.24) is 39.1 Å². The molecule has 0 radical (unpaired) electrons. The highest BCUT2D eigenvalue weighted by Gasteiger charge is 2.15. The van der Waals surface area contributed by atoms with Gasteiger partial charge >= 0.3 is 0 Å². The first-order valence-corrected chi connectivity index (χ1v) is 9.01. The van der Waals surface area contributed by atoms with Gasteiger partial charge in [-0.3, -0.25) is 14.8 Å². The summed E-state index contributed by atoms with van der Waals surface area (Å²) < 4.78 is 10.4. The number of aromatic nitrogens is 8. The second-order valence-electron chi connectivity index (χ2n) is 6.34. The molecule has 0 fully saturated rings. The number of halogens is 1. The highest BCUT2D eigenvalue weighted by atomic mass is 35.5. The van der Waals surface area contributed by atoms with Crippen LogP contribution in [-0.4, -0.2) is 44.1 Å². The smallest absolute Gasteiger partial charge is 0.271 e. The summed E-state index contributed by atoms with van der Waals surface area (Å²) in [6, 6.07) is 5.76. The third-order valence-electron chi connectivity index (χ3n) is 4.42. The van der Waals surface area contributed by atoms with Crippen molar-refractivity contribution in [3.05, 3.63) is 58.1 Å². The summed E-state index contributed by atoms with van der Waals surface area (Å²) in [5.74, 6) is 0.746. The predicted octanol–water partition coefficient (Wildman–Crippen LogP) is 2.47. The SMILES string of the molecule is Cn1ncc2c1ncn1nc(-c3ccn(COc4ccc([N+](=O)[O-])cc4Cl)n3)nc21. The fraction of sp³-hybridized carbons (Fsp3) is 0.118. The van der Waals surface area contributed by atoms with E-state index in [1.54, 1.807) is 34.0 Å². The van der Waals surface area contributed by atoms with Crippen molar-refractivity contribution >= 4 is 34.0 Å². The van der Waals surface area contributed by atoms with E-state index in [4.69, 9.17) is 16.3 Å². The van der Waals surface area contributed by atoms with Crippen molar-refractivity contribution in [2.75, 3.05) is 0 Å². The molecule has 4 aromatic heterocycles. The molecular weight excluding hydrogens is 414 g/mol. The van der Waals surface area contributed by atoms with E-state index in [9.17, 15) is 10.1 Å². The molecule has 0 unspecified atom stereocenters. The number of hydrogen-bond acceptors (Lipinski definition) is 8. The molecule has 150 valence electrons. The van der Waals surface area contributed by atoms with Crippen LogP contribution in [0, 0.1) is 10.1 Å². The Morgan fingerprint density at radius 1 is 1.23 bits per heavy atom. The second kappa shape index (κ2) is 6.77. The molecule has 13 heteroatoms. The number of rotatable bonds is 5. The first kappa shape index (κ1) is 18.0.